The maximum Gasteiger partial charge on any atom is 0.140 e. The molecule has 1 N–H and O–H groups in total. The summed E-state index contributed by atoms with van der Waals surface area (Å²) in [6.45, 7) is 0. The van der Waals surface area contributed by atoms with Gasteiger partial charge in [0.15, 0.2) is 0 Å². The first-order chi connectivity index (χ1) is 8.17. The molecule has 0 radical (unpaired) electrons. The van der Waals surface area contributed by atoms with Crippen LogP contribution in [0.5, 0.6) is 0 Å². The molecule has 3 nitrogen and oxygen atoms in total. The monoisotopic (exact) mass is 262 g/mol. The molecule has 0 saturated carbocycles. The van der Waals surface area contributed by atoms with Gasteiger partial charge in [-0.2, -0.15) is 0 Å². The predicted molar refractivity (Wildman–Crippen MR) is 73.1 cm³/mol. The molecule has 17 heavy (non-hydrogen) atoms. The quantitative estimate of drug-likeness (QED) is 0.801. The first-order valence-electron chi connectivity index (χ1n) is 5.02. The lowest BCUT2D eigenvalue weighted by molar-refractivity contribution is 0.677. The summed E-state index contributed by atoms with van der Waals surface area (Å²) in [5.41, 5.74) is 1.72. The highest BCUT2D eigenvalue weighted by atomic mass is 32.2. The van der Waals surface area contributed by atoms with E-state index in [0.717, 1.165) is 21.2 Å². The van der Waals surface area contributed by atoms with Crippen LogP contribution in [0.25, 0.3) is 11.8 Å². The third kappa shape index (κ3) is 1.77. The van der Waals surface area contributed by atoms with Gasteiger partial charge in [0.2, 0.25) is 0 Å². The highest BCUT2D eigenvalue weighted by molar-refractivity contribution is 7.99. The Labute approximate surface area is 104 Å². The van der Waals surface area contributed by atoms with Crippen molar-refractivity contribution in [2.75, 3.05) is 0 Å². The summed E-state index contributed by atoms with van der Waals surface area (Å²) < 4.78 is 15.4. The first kappa shape index (κ1) is 10.6. The highest BCUT2D eigenvalue weighted by Crippen LogP contribution is 2.28. The summed E-state index contributed by atoms with van der Waals surface area (Å²) in [6, 6.07) is 7.57. The van der Waals surface area contributed by atoms with Crippen molar-refractivity contribution in [2.45, 2.75) is 4.90 Å². The fourth-order valence-corrected chi connectivity index (χ4v) is 3.88. The summed E-state index contributed by atoms with van der Waals surface area (Å²) in [4.78, 5) is 4.96. The number of hydrogen-bond donors (Lipinski definition) is 1. The normalized spacial score (nSPS) is 22.5. The molecule has 1 aromatic heterocycles. The number of aromatic nitrogens is 1. The van der Waals surface area contributed by atoms with Crippen LogP contribution in [-0.2, 0) is 9.71 Å². The van der Waals surface area contributed by atoms with Crippen molar-refractivity contribution in [2.24, 2.45) is 0 Å². The van der Waals surface area contributed by atoms with Crippen LogP contribution >= 0.6 is 11.3 Å². The smallest absolute Gasteiger partial charge is 0.140 e. The molecule has 0 spiro atoms. The lowest BCUT2D eigenvalue weighted by Gasteiger charge is -2.21. The minimum atomic E-state index is -2.47. The Morgan fingerprint density at radius 2 is 2.18 bits per heavy atom. The SMILES string of the molecule is C=S1(=O)NC(c2nccs2)=Cc2ccccc21. The van der Waals surface area contributed by atoms with E-state index in [2.05, 4.69) is 15.6 Å². The minimum absolute atomic E-state index is 0.750. The van der Waals surface area contributed by atoms with Gasteiger partial charge in [-0.25, -0.2) is 9.19 Å². The fraction of sp³-hybridized carbons (Fsp3) is 0. The molecule has 1 atom stereocenters. The molecule has 0 fully saturated rings. The Balaban J connectivity index is 2.22. The van der Waals surface area contributed by atoms with E-state index < -0.39 is 9.71 Å². The molecular weight excluding hydrogens is 252 g/mol. The topological polar surface area (TPSA) is 42.0 Å². The van der Waals surface area contributed by atoms with Crippen LogP contribution in [0.1, 0.15) is 10.6 Å². The largest absolute Gasteiger partial charge is 0.306 e. The van der Waals surface area contributed by atoms with Gasteiger partial charge in [-0.15, -0.1) is 11.3 Å². The average molecular weight is 262 g/mol. The minimum Gasteiger partial charge on any atom is -0.306 e. The first-order valence-corrected chi connectivity index (χ1v) is 7.63. The van der Waals surface area contributed by atoms with E-state index in [1.165, 1.54) is 11.3 Å². The molecule has 1 aliphatic rings. The molecule has 1 aliphatic heterocycles. The molecule has 86 valence electrons. The van der Waals surface area contributed by atoms with Gasteiger partial charge >= 0.3 is 0 Å². The Kier molecular flexibility index (Phi) is 2.31. The van der Waals surface area contributed by atoms with Crippen molar-refractivity contribution in [1.29, 1.82) is 0 Å². The molecule has 5 heteroatoms. The maximum absolute atomic E-state index is 12.4. The standard InChI is InChI=1S/C12H10N2OS2/c1-17(15)11-5-3-2-4-9(11)8-10(14-17)12-13-6-7-16-12/h2-8H,1H2,(H,14,15). The molecule has 1 aromatic carbocycles. The number of benzene rings is 1. The summed E-state index contributed by atoms with van der Waals surface area (Å²) >= 11 is 1.51. The van der Waals surface area contributed by atoms with Crippen molar-refractivity contribution in [3.8, 4) is 0 Å². The summed E-state index contributed by atoms with van der Waals surface area (Å²) in [5.74, 6) is 3.78. The molecule has 2 aromatic rings. The van der Waals surface area contributed by atoms with Gasteiger partial charge in [0, 0.05) is 11.6 Å². The van der Waals surface area contributed by atoms with Crippen molar-refractivity contribution < 1.29 is 4.21 Å². The lowest BCUT2D eigenvalue weighted by atomic mass is 10.2. The molecule has 0 amide bonds. The van der Waals surface area contributed by atoms with Crippen LogP contribution in [0.3, 0.4) is 0 Å². The summed E-state index contributed by atoms with van der Waals surface area (Å²) in [5, 5.41) is 2.72. The molecule has 0 bridgehead atoms. The van der Waals surface area contributed by atoms with E-state index >= 15 is 0 Å². The Hall–Kier alpha value is -1.59. The number of nitrogens with zero attached hydrogens (tertiary/aromatic N) is 1. The van der Waals surface area contributed by atoms with E-state index in [9.17, 15) is 4.21 Å². The lowest BCUT2D eigenvalue weighted by Crippen LogP contribution is -2.25. The molecule has 3 rings (SSSR count). The van der Waals surface area contributed by atoms with E-state index in [0.29, 0.717) is 0 Å². The van der Waals surface area contributed by atoms with Gasteiger partial charge in [-0.1, -0.05) is 18.2 Å². The van der Waals surface area contributed by atoms with Crippen molar-refractivity contribution in [3.63, 3.8) is 0 Å². The third-order valence-electron chi connectivity index (χ3n) is 2.51. The van der Waals surface area contributed by atoms with Crippen LogP contribution in [0.15, 0.2) is 40.7 Å². The van der Waals surface area contributed by atoms with E-state index in [-0.39, 0.29) is 0 Å². The molecule has 0 saturated heterocycles. The number of fused-ring (bicyclic) bond motifs is 1. The molecule has 1 unspecified atom stereocenters. The number of rotatable bonds is 1. The van der Waals surface area contributed by atoms with Crippen LogP contribution in [0, 0.1) is 0 Å². The van der Waals surface area contributed by atoms with E-state index in [1.807, 2.05) is 35.7 Å². The van der Waals surface area contributed by atoms with Crippen LogP contribution in [0.2, 0.25) is 0 Å². The van der Waals surface area contributed by atoms with E-state index in [4.69, 9.17) is 0 Å². The zero-order valence-electron chi connectivity index (χ0n) is 8.92. The molecule has 2 heterocycles. The average Bonchev–Trinajstić information content (AvgIpc) is 2.81. The maximum atomic E-state index is 12.4. The summed E-state index contributed by atoms with van der Waals surface area (Å²) in [6.07, 6.45) is 3.69. The van der Waals surface area contributed by atoms with Crippen molar-refractivity contribution >= 4 is 38.7 Å². The van der Waals surface area contributed by atoms with Crippen molar-refractivity contribution in [3.05, 3.63) is 46.4 Å². The Morgan fingerprint density at radius 3 is 2.94 bits per heavy atom. The van der Waals surface area contributed by atoms with Gasteiger partial charge in [-0.3, -0.25) is 0 Å². The second-order valence-corrected chi connectivity index (χ2v) is 6.60. The number of thiazole rings is 1. The zero-order chi connectivity index (χ0) is 11.9. The van der Waals surface area contributed by atoms with Crippen LogP contribution < -0.4 is 4.72 Å². The van der Waals surface area contributed by atoms with Gasteiger partial charge < -0.3 is 4.72 Å². The number of hydrogen-bond acceptors (Lipinski definition) is 3. The second kappa shape index (κ2) is 3.72. The van der Waals surface area contributed by atoms with E-state index in [1.54, 1.807) is 6.20 Å². The molecule has 0 aliphatic carbocycles. The van der Waals surface area contributed by atoms with Gasteiger partial charge in [0.05, 0.1) is 20.3 Å². The third-order valence-corrected chi connectivity index (χ3v) is 4.95. The summed E-state index contributed by atoms with van der Waals surface area (Å²) in [7, 11) is -2.47. The van der Waals surface area contributed by atoms with Crippen LogP contribution in [-0.4, -0.2) is 15.1 Å². The molecular formula is C12H10N2OS2. The predicted octanol–water partition coefficient (Wildman–Crippen LogP) is 2.23. The Bertz CT molecular complexity index is 685. The Morgan fingerprint density at radius 1 is 1.35 bits per heavy atom. The second-order valence-electron chi connectivity index (χ2n) is 3.71. The van der Waals surface area contributed by atoms with Gasteiger partial charge in [-0.05, 0) is 23.6 Å². The van der Waals surface area contributed by atoms with Crippen LogP contribution in [0.4, 0.5) is 0 Å². The fourth-order valence-electron chi connectivity index (χ4n) is 1.78. The zero-order valence-corrected chi connectivity index (χ0v) is 10.6. The van der Waals surface area contributed by atoms with Gasteiger partial charge in [0.25, 0.3) is 0 Å². The van der Waals surface area contributed by atoms with Crippen molar-refractivity contribution in [1.82, 2.24) is 9.71 Å². The van der Waals surface area contributed by atoms with Gasteiger partial charge in [0.1, 0.15) is 5.01 Å². The number of nitrogens with one attached hydrogen (secondary N) is 1. The highest BCUT2D eigenvalue weighted by Gasteiger charge is 2.20.